The largest absolute Gasteiger partial charge is 0.496 e. The Kier molecular flexibility index (Phi) is 12.3. The van der Waals surface area contributed by atoms with E-state index in [0.717, 1.165) is 22.3 Å². The van der Waals surface area contributed by atoms with Gasteiger partial charge in [0.2, 0.25) is 0 Å². The van der Waals surface area contributed by atoms with Gasteiger partial charge >= 0.3 is 0 Å². The highest BCUT2D eigenvalue weighted by Gasteiger charge is 2.39. The summed E-state index contributed by atoms with van der Waals surface area (Å²) in [7, 11) is 0.721. The first-order chi connectivity index (χ1) is 21.8. The fourth-order valence-corrected chi connectivity index (χ4v) is 7.76. The molecule has 45 heavy (non-hydrogen) atoms. The van der Waals surface area contributed by atoms with Crippen molar-refractivity contribution in [2.24, 2.45) is 0 Å². The van der Waals surface area contributed by atoms with Gasteiger partial charge in [0.15, 0.2) is 0 Å². The van der Waals surface area contributed by atoms with Crippen molar-refractivity contribution < 1.29 is 14.1 Å². The van der Waals surface area contributed by atoms with Crippen LogP contribution in [0.5, 0.6) is 5.75 Å². The van der Waals surface area contributed by atoms with E-state index < -0.39 is 13.8 Å². The molecule has 1 unspecified atom stereocenters. The van der Waals surface area contributed by atoms with Crippen LogP contribution < -0.4 is 15.6 Å². The van der Waals surface area contributed by atoms with Crippen LogP contribution in [0.1, 0.15) is 66.7 Å². The molecule has 0 bridgehead atoms. The lowest BCUT2D eigenvalue weighted by molar-refractivity contribution is 0.0918. The summed E-state index contributed by atoms with van der Waals surface area (Å²) in [6.07, 6.45) is 1.15. The molecule has 1 amide bonds. The Bertz CT molecular complexity index is 1490. The first-order valence-electron chi connectivity index (χ1n) is 15.3. The van der Waals surface area contributed by atoms with Gasteiger partial charge in [-0.3, -0.25) is 14.9 Å². The van der Waals surface area contributed by atoms with Crippen LogP contribution >= 0.6 is 8.30 Å². The zero-order valence-electron chi connectivity index (χ0n) is 26.7. The second-order valence-electron chi connectivity index (χ2n) is 11.3. The molecule has 0 aliphatic heterocycles. The normalized spacial score (nSPS) is 12.2. The van der Waals surface area contributed by atoms with Crippen LogP contribution in [0.15, 0.2) is 109 Å². The number of para-hydroxylation sites is 1. The zero-order valence-corrected chi connectivity index (χ0v) is 27.6. The predicted molar refractivity (Wildman–Crippen MR) is 182 cm³/mol. The van der Waals surface area contributed by atoms with Crippen molar-refractivity contribution in [3.63, 3.8) is 0 Å². The molecular weight excluding hydrogens is 579 g/mol. The van der Waals surface area contributed by atoms with Gasteiger partial charge in [-0.05, 0) is 62.6 Å². The summed E-state index contributed by atoms with van der Waals surface area (Å²) in [5.41, 5.74) is 9.72. The van der Waals surface area contributed by atoms with E-state index in [2.05, 4.69) is 49.3 Å². The van der Waals surface area contributed by atoms with E-state index in [-0.39, 0.29) is 5.91 Å². The summed E-state index contributed by atoms with van der Waals surface area (Å²) in [5, 5.41) is 9.19. The fourth-order valence-electron chi connectivity index (χ4n) is 5.65. The van der Waals surface area contributed by atoms with E-state index >= 15 is 0 Å². The van der Waals surface area contributed by atoms with Gasteiger partial charge in [0.25, 0.3) is 5.91 Å². The van der Waals surface area contributed by atoms with Crippen molar-refractivity contribution in [2.75, 3.05) is 13.3 Å². The summed E-state index contributed by atoms with van der Waals surface area (Å²) in [6, 6.07) is 38.2. The Hall–Kier alpha value is -4.05. The third-order valence-electron chi connectivity index (χ3n) is 7.62. The average molecular weight is 623 g/mol. The number of nitrogens with zero attached hydrogens (tertiary/aromatic N) is 2. The smallest absolute Gasteiger partial charge is 0.265 e. The van der Waals surface area contributed by atoms with Crippen LogP contribution in [-0.2, 0) is 16.7 Å². The summed E-state index contributed by atoms with van der Waals surface area (Å²) >= 11 is 0. The van der Waals surface area contributed by atoms with Crippen molar-refractivity contribution in [2.45, 2.75) is 58.3 Å². The van der Waals surface area contributed by atoms with Gasteiger partial charge in [-0.2, -0.15) is 5.26 Å². The van der Waals surface area contributed by atoms with Crippen LogP contribution in [0.4, 0.5) is 0 Å². The predicted octanol–water partition coefficient (Wildman–Crippen LogP) is 7.78. The number of nitriles is 1. The number of hydrogen-bond acceptors (Lipinski definition) is 6. The molecule has 0 fully saturated rings. The van der Waals surface area contributed by atoms with Gasteiger partial charge in [0.05, 0.1) is 19.8 Å². The SMILES string of the molecule is COc1ccccc1C(NNC(=O)c1ccc(COP(CCC#N)N(C(C)C)C(C)C)cc1)(c1ccccc1)c1ccccc1. The molecule has 4 aromatic carbocycles. The molecule has 0 saturated carbocycles. The van der Waals surface area contributed by atoms with Gasteiger partial charge in [-0.1, -0.05) is 91.0 Å². The molecule has 0 aliphatic rings. The number of rotatable bonds is 15. The Morgan fingerprint density at radius 2 is 1.40 bits per heavy atom. The molecule has 0 heterocycles. The molecule has 8 heteroatoms. The number of carbonyl (C=O) groups excluding carboxylic acids is 1. The fraction of sp³-hybridized carbons (Fsp3) is 0.297. The van der Waals surface area contributed by atoms with Gasteiger partial charge in [-0.25, -0.2) is 5.43 Å². The molecule has 1 atom stereocenters. The third-order valence-corrected chi connectivity index (χ3v) is 10.1. The molecule has 7 nitrogen and oxygen atoms in total. The Labute approximate surface area is 269 Å². The minimum Gasteiger partial charge on any atom is -0.496 e. The summed E-state index contributed by atoms with van der Waals surface area (Å²) in [5.74, 6) is 0.426. The molecule has 0 radical (unpaired) electrons. The molecule has 2 N–H and O–H groups in total. The topological polar surface area (TPSA) is 86.6 Å². The molecular formula is C37H43N4O3P. The molecule has 0 spiro atoms. The van der Waals surface area contributed by atoms with Crippen molar-refractivity contribution >= 4 is 14.2 Å². The van der Waals surface area contributed by atoms with E-state index in [1.165, 1.54) is 0 Å². The van der Waals surface area contributed by atoms with E-state index in [9.17, 15) is 10.1 Å². The van der Waals surface area contributed by atoms with Crippen molar-refractivity contribution in [3.05, 3.63) is 137 Å². The first-order valence-corrected chi connectivity index (χ1v) is 16.7. The maximum atomic E-state index is 13.6. The highest BCUT2D eigenvalue weighted by Crippen LogP contribution is 2.46. The number of carbonyl (C=O) groups is 1. The lowest BCUT2D eigenvalue weighted by atomic mass is 9.77. The average Bonchev–Trinajstić information content (AvgIpc) is 3.07. The minimum absolute atomic E-state index is 0.268. The van der Waals surface area contributed by atoms with E-state index in [1.54, 1.807) is 7.11 Å². The molecule has 4 rings (SSSR count). The number of nitrogens with one attached hydrogen (secondary N) is 2. The molecule has 0 saturated heterocycles. The van der Waals surface area contributed by atoms with Crippen molar-refractivity contribution in [3.8, 4) is 11.8 Å². The number of methoxy groups -OCH3 is 1. The molecule has 234 valence electrons. The number of hydrogen-bond donors (Lipinski definition) is 2. The van der Waals surface area contributed by atoms with E-state index in [4.69, 9.17) is 9.26 Å². The van der Waals surface area contributed by atoms with Gasteiger partial charge in [0.1, 0.15) is 19.6 Å². The Morgan fingerprint density at radius 3 is 1.93 bits per heavy atom. The summed E-state index contributed by atoms with van der Waals surface area (Å²) in [6.45, 7) is 9.04. The molecule has 0 aromatic heterocycles. The van der Waals surface area contributed by atoms with Crippen molar-refractivity contribution in [1.29, 1.82) is 5.26 Å². The lowest BCUT2D eigenvalue weighted by Crippen LogP contribution is -2.53. The second-order valence-corrected chi connectivity index (χ2v) is 13.2. The van der Waals surface area contributed by atoms with Gasteiger partial charge < -0.3 is 9.26 Å². The maximum absolute atomic E-state index is 13.6. The highest BCUT2D eigenvalue weighted by atomic mass is 31.2. The van der Waals surface area contributed by atoms with Crippen LogP contribution in [0.25, 0.3) is 0 Å². The Morgan fingerprint density at radius 1 is 0.844 bits per heavy atom. The van der Waals surface area contributed by atoms with Gasteiger partial charge in [0, 0.05) is 35.8 Å². The number of hydrazine groups is 1. The second kappa shape index (κ2) is 16.3. The Balaban J connectivity index is 1.58. The standard InChI is InChI=1S/C37H43N4O3P/c1-28(2)41(29(3)4)45(26-14-25-38)44-27-30-21-23-31(24-22-30)36(42)39-40-37(32-15-8-6-9-16-32,33-17-10-7-11-18-33)34-19-12-13-20-35(34)43-5/h6-13,15-24,28-29,40H,14,26-27H2,1-5H3,(H,39,42). The number of amides is 1. The molecule has 4 aromatic rings. The van der Waals surface area contributed by atoms with E-state index in [0.29, 0.717) is 42.6 Å². The summed E-state index contributed by atoms with van der Waals surface area (Å²) in [4.78, 5) is 13.6. The minimum atomic E-state index is -0.947. The van der Waals surface area contributed by atoms with Crippen LogP contribution in [0.2, 0.25) is 0 Å². The first kappa shape index (κ1) is 33.8. The van der Waals surface area contributed by atoms with Crippen LogP contribution in [-0.4, -0.2) is 35.9 Å². The van der Waals surface area contributed by atoms with E-state index in [1.807, 2.05) is 109 Å². The summed E-state index contributed by atoms with van der Waals surface area (Å²) < 4.78 is 14.6. The maximum Gasteiger partial charge on any atom is 0.265 e. The lowest BCUT2D eigenvalue weighted by Gasteiger charge is -2.37. The zero-order chi connectivity index (χ0) is 32.2. The van der Waals surface area contributed by atoms with Crippen molar-refractivity contribution in [1.82, 2.24) is 15.5 Å². The van der Waals surface area contributed by atoms with Crippen LogP contribution in [0.3, 0.4) is 0 Å². The third kappa shape index (κ3) is 8.16. The quantitative estimate of drug-likeness (QED) is 0.0800. The van der Waals surface area contributed by atoms with Crippen LogP contribution in [0, 0.1) is 11.3 Å². The number of ether oxygens (including phenoxy) is 1. The number of benzene rings is 4. The monoisotopic (exact) mass is 622 g/mol. The highest BCUT2D eigenvalue weighted by molar-refractivity contribution is 7.50. The molecule has 0 aliphatic carbocycles. The van der Waals surface area contributed by atoms with Gasteiger partial charge in [-0.15, -0.1) is 0 Å².